The van der Waals surface area contributed by atoms with Gasteiger partial charge in [-0.2, -0.15) is 5.10 Å². The number of hydrogen-bond acceptors (Lipinski definition) is 4. The summed E-state index contributed by atoms with van der Waals surface area (Å²) in [6, 6.07) is 6.76. The molecule has 0 bridgehead atoms. The Kier molecular flexibility index (Phi) is 3.93. The molecule has 0 radical (unpaired) electrons. The largest absolute Gasteiger partial charge is 0.478 e. The van der Waals surface area contributed by atoms with Gasteiger partial charge in [0.1, 0.15) is 0 Å². The van der Waals surface area contributed by atoms with E-state index in [1.807, 2.05) is 29.7 Å². The molecule has 20 heavy (non-hydrogen) atoms. The second-order valence-electron chi connectivity index (χ2n) is 4.70. The van der Waals surface area contributed by atoms with Gasteiger partial charge >= 0.3 is 5.97 Å². The zero-order valence-electron chi connectivity index (χ0n) is 11.6. The fraction of sp³-hybridized carbons (Fsp3) is 0.286. The van der Waals surface area contributed by atoms with E-state index in [4.69, 9.17) is 10.8 Å². The van der Waals surface area contributed by atoms with E-state index in [2.05, 4.69) is 5.10 Å². The molecule has 1 aromatic heterocycles. The standard InChI is InChI=1S/C14H18N4O2/c1-17(8-6-11-5-7-16-18(11)2)13-4-3-10(14(19)20)9-12(13)15/h3-5,7,9H,6,8,15H2,1-2H3,(H,19,20). The van der Waals surface area contributed by atoms with Crippen LogP contribution >= 0.6 is 0 Å². The molecule has 1 aromatic carbocycles. The molecule has 2 aromatic rings. The lowest BCUT2D eigenvalue weighted by Crippen LogP contribution is -2.22. The highest BCUT2D eigenvalue weighted by atomic mass is 16.4. The number of nitrogens with zero attached hydrogens (tertiary/aromatic N) is 3. The molecule has 0 amide bonds. The number of anilines is 2. The third-order valence-electron chi connectivity index (χ3n) is 3.31. The molecule has 1 heterocycles. The van der Waals surface area contributed by atoms with Crippen LogP contribution in [0.5, 0.6) is 0 Å². The first-order valence-electron chi connectivity index (χ1n) is 6.30. The van der Waals surface area contributed by atoms with Gasteiger partial charge in [0.25, 0.3) is 0 Å². The third kappa shape index (κ3) is 2.90. The number of carboxylic acids is 1. The van der Waals surface area contributed by atoms with E-state index < -0.39 is 5.97 Å². The zero-order valence-corrected chi connectivity index (χ0v) is 11.6. The Morgan fingerprint density at radius 2 is 2.20 bits per heavy atom. The van der Waals surface area contributed by atoms with Crippen LogP contribution in [-0.2, 0) is 13.5 Å². The molecule has 2 rings (SSSR count). The van der Waals surface area contributed by atoms with E-state index in [0.29, 0.717) is 5.69 Å². The maximum atomic E-state index is 10.9. The number of aromatic carboxylic acids is 1. The number of carbonyl (C=O) groups is 1. The molecular weight excluding hydrogens is 256 g/mol. The first-order chi connectivity index (χ1) is 9.49. The van der Waals surface area contributed by atoms with Crippen LogP contribution in [0.15, 0.2) is 30.5 Å². The van der Waals surface area contributed by atoms with Gasteiger partial charge in [-0.25, -0.2) is 4.79 Å². The van der Waals surface area contributed by atoms with Gasteiger partial charge in [-0.15, -0.1) is 0 Å². The number of benzene rings is 1. The maximum Gasteiger partial charge on any atom is 0.335 e. The highest BCUT2D eigenvalue weighted by Crippen LogP contribution is 2.23. The minimum Gasteiger partial charge on any atom is -0.478 e. The number of hydrogen-bond donors (Lipinski definition) is 2. The van der Waals surface area contributed by atoms with E-state index in [1.54, 1.807) is 18.3 Å². The van der Waals surface area contributed by atoms with Crippen molar-refractivity contribution in [2.75, 3.05) is 24.2 Å². The number of nitrogen functional groups attached to an aromatic ring is 1. The van der Waals surface area contributed by atoms with Crippen molar-refractivity contribution in [2.24, 2.45) is 7.05 Å². The average molecular weight is 274 g/mol. The van der Waals surface area contributed by atoms with E-state index >= 15 is 0 Å². The number of nitrogens with two attached hydrogens (primary N) is 1. The van der Waals surface area contributed by atoms with Gasteiger partial charge in [-0.05, 0) is 24.3 Å². The van der Waals surface area contributed by atoms with Crippen molar-refractivity contribution in [1.82, 2.24) is 9.78 Å². The van der Waals surface area contributed by atoms with Crippen molar-refractivity contribution < 1.29 is 9.90 Å². The molecule has 3 N–H and O–H groups in total. The SMILES string of the molecule is CN(CCc1ccnn1C)c1ccc(C(=O)O)cc1N. The molecule has 0 unspecified atom stereocenters. The third-order valence-corrected chi connectivity index (χ3v) is 3.31. The molecule has 106 valence electrons. The van der Waals surface area contributed by atoms with Gasteiger partial charge in [-0.1, -0.05) is 0 Å². The van der Waals surface area contributed by atoms with Crippen LogP contribution in [0.1, 0.15) is 16.1 Å². The predicted octanol–water partition coefficient (Wildman–Crippen LogP) is 1.38. The Morgan fingerprint density at radius 1 is 1.45 bits per heavy atom. The van der Waals surface area contributed by atoms with Crippen LogP contribution in [0.3, 0.4) is 0 Å². The summed E-state index contributed by atoms with van der Waals surface area (Å²) in [4.78, 5) is 12.9. The van der Waals surface area contributed by atoms with E-state index in [9.17, 15) is 4.79 Å². The van der Waals surface area contributed by atoms with Gasteiger partial charge < -0.3 is 15.7 Å². The number of rotatable bonds is 5. The molecule has 0 saturated carbocycles. The van der Waals surface area contributed by atoms with Crippen LogP contribution in [0.25, 0.3) is 0 Å². The van der Waals surface area contributed by atoms with Gasteiger partial charge in [0, 0.05) is 39.0 Å². The second-order valence-corrected chi connectivity index (χ2v) is 4.70. The molecule has 0 aliphatic carbocycles. The summed E-state index contributed by atoms with van der Waals surface area (Å²) in [7, 11) is 3.84. The number of aryl methyl sites for hydroxylation is 1. The Hall–Kier alpha value is -2.50. The smallest absolute Gasteiger partial charge is 0.335 e. The fourth-order valence-corrected chi connectivity index (χ4v) is 2.08. The van der Waals surface area contributed by atoms with Crippen molar-refractivity contribution in [1.29, 1.82) is 0 Å². The number of likely N-dealkylation sites (N-methyl/N-ethyl adjacent to an activating group) is 1. The van der Waals surface area contributed by atoms with Crippen molar-refractivity contribution in [3.8, 4) is 0 Å². The number of aromatic nitrogens is 2. The predicted molar refractivity (Wildman–Crippen MR) is 78.0 cm³/mol. The molecule has 6 nitrogen and oxygen atoms in total. The molecule has 0 saturated heterocycles. The summed E-state index contributed by atoms with van der Waals surface area (Å²) in [5.41, 5.74) is 8.55. The van der Waals surface area contributed by atoms with Crippen molar-refractivity contribution in [2.45, 2.75) is 6.42 Å². The number of carboxylic acid groups (broad SMARTS) is 1. The molecule has 0 atom stereocenters. The fourth-order valence-electron chi connectivity index (χ4n) is 2.08. The Balaban J connectivity index is 2.07. The van der Waals surface area contributed by atoms with Crippen molar-refractivity contribution in [3.05, 3.63) is 41.7 Å². The quantitative estimate of drug-likeness (QED) is 0.805. The Labute approximate surface area is 117 Å². The second kappa shape index (κ2) is 5.64. The zero-order chi connectivity index (χ0) is 14.7. The van der Waals surface area contributed by atoms with Crippen LogP contribution in [0.2, 0.25) is 0 Å². The summed E-state index contributed by atoms with van der Waals surface area (Å²) < 4.78 is 1.84. The van der Waals surface area contributed by atoms with Crippen LogP contribution in [0.4, 0.5) is 11.4 Å². The van der Waals surface area contributed by atoms with Crippen LogP contribution < -0.4 is 10.6 Å². The van der Waals surface area contributed by atoms with E-state index in [0.717, 1.165) is 24.3 Å². The topological polar surface area (TPSA) is 84.4 Å². The molecule has 6 heteroatoms. The molecule has 0 aliphatic rings. The first-order valence-corrected chi connectivity index (χ1v) is 6.30. The summed E-state index contributed by atoms with van der Waals surface area (Å²) in [6.45, 7) is 0.774. The van der Waals surface area contributed by atoms with Crippen LogP contribution in [-0.4, -0.2) is 34.4 Å². The van der Waals surface area contributed by atoms with Crippen LogP contribution in [0, 0.1) is 0 Å². The van der Waals surface area contributed by atoms with E-state index in [1.165, 1.54) is 6.07 Å². The first kappa shape index (κ1) is 13.9. The summed E-state index contributed by atoms with van der Waals surface area (Å²) in [5, 5.41) is 13.0. The normalized spacial score (nSPS) is 10.5. The monoisotopic (exact) mass is 274 g/mol. The van der Waals surface area contributed by atoms with Crippen molar-refractivity contribution >= 4 is 17.3 Å². The van der Waals surface area contributed by atoms with Crippen molar-refractivity contribution in [3.63, 3.8) is 0 Å². The Morgan fingerprint density at radius 3 is 2.75 bits per heavy atom. The lowest BCUT2D eigenvalue weighted by molar-refractivity contribution is 0.0697. The summed E-state index contributed by atoms with van der Waals surface area (Å²) >= 11 is 0. The lowest BCUT2D eigenvalue weighted by Gasteiger charge is -2.21. The summed E-state index contributed by atoms with van der Waals surface area (Å²) in [5.74, 6) is -0.971. The highest BCUT2D eigenvalue weighted by molar-refractivity contribution is 5.90. The maximum absolute atomic E-state index is 10.9. The van der Waals surface area contributed by atoms with Gasteiger partial charge in [0.05, 0.1) is 16.9 Å². The Bertz CT molecular complexity index is 621. The minimum atomic E-state index is -0.971. The van der Waals surface area contributed by atoms with Gasteiger partial charge in [0.15, 0.2) is 0 Å². The average Bonchev–Trinajstić information content (AvgIpc) is 2.81. The van der Waals surface area contributed by atoms with E-state index in [-0.39, 0.29) is 5.56 Å². The summed E-state index contributed by atoms with van der Waals surface area (Å²) in [6.07, 6.45) is 2.61. The highest BCUT2D eigenvalue weighted by Gasteiger charge is 2.10. The molecule has 0 aliphatic heterocycles. The molecule has 0 fully saturated rings. The molecule has 0 spiro atoms. The molecular formula is C14H18N4O2. The minimum absolute atomic E-state index is 0.200. The van der Waals surface area contributed by atoms with Gasteiger partial charge in [0.2, 0.25) is 0 Å². The lowest BCUT2D eigenvalue weighted by atomic mass is 10.1. The van der Waals surface area contributed by atoms with Gasteiger partial charge in [-0.3, -0.25) is 4.68 Å².